The summed E-state index contributed by atoms with van der Waals surface area (Å²) in [6.45, 7) is 2.77. The van der Waals surface area contributed by atoms with Crippen molar-refractivity contribution in [3.05, 3.63) is 16.1 Å². The average molecular weight is 232 g/mol. The first-order valence-corrected chi connectivity index (χ1v) is 4.90. The fraction of sp³-hybridized carbons (Fsp3) is 0.625. The first-order valence-electron chi connectivity index (χ1n) is 4.10. The third-order valence-electron chi connectivity index (χ3n) is 1.95. The maximum atomic E-state index is 5.49. The summed E-state index contributed by atoms with van der Waals surface area (Å²) in [5.74, 6) is 1.10. The monoisotopic (exact) mass is 231 g/mol. The third-order valence-corrected chi connectivity index (χ3v) is 2.59. The fourth-order valence-electron chi connectivity index (χ4n) is 1.27. The van der Waals surface area contributed by atoms with Crippen LogP contribution in [0.4, 0.5) is 0 Å². The van der Waals surface area contributed by atoms with Crippen LogP contribution < -0.4 is 5.73 Å². The van der Waals surface area contributed by atoms with Crippen molar-refractivity contribution in [1.82, 2.24) is 9.55 Å². The Balaban J connectivity index is 3.01. The largest absolute Gasteiger partial charge is 0.334 e. The lowest BCUT2D eigenvalue weighted by Gasteiger charge is -2.02. The molecular formula is C8H14BrN3. The molecule has 3 nitrogen and oxygen atoms in total. The number of nitrogens with zero attached hydrogens (tertiary/aromatic N) is 2. The second-order valence-corrected chi connectivity index (χ2v) is 3.47. The number of rotatable bonds is 3. The first-order chi connectivity index (χ1) is 5.70. The Morgan fingerprint density at radius 2 is 2.25 bits per heavy atom. The van der Waals surface area contributed by atoms with Crippen LogP contribution in [0.5, 0.6) is 0 Å². The molecule has 0 atom stereocenters. The standard InChI is InChI=1S/C8H14BrN3/c1-3-7-11-8(9)6(4-5-10)12(7)2/h3-5,10H2,1-2H3. The van der Waals surface area contributed by atoms with Crippen molar-refractivity contribution >= 4 is 15.9 Å². The Labute approximate surface area is 81.1 Å². The average Bonchev–Trinajstić information content (AvgIpc) is 2.32. The Kier molecular flexibility index (Phi) is 3.29. The normalized spacial score (nSPS) is 10.7. The molecule has 2 N–H and O–H groups in total. The number of hydrogen-bond acceptors (Lipinski definition) is 2. The van der Waals surface area contributed by atoms with Gasteiger partial charge in [-0.25, -0.2) is 4.98 Å². The minimum absolute atomic E-state index is 0.668. The first kappa shape index (κ1) is 9.74. The van der Waals surface area contributed by atoms with E-state index < -0.39 is 0 Å². The predicted octanol–water partition coefficient (Wildman–Crippen LogP) is 1.25. The fourth-order valence-corrected chi connectivity index (χ4v) is 1.94. The van der Waals surface area contributed by atoms with Crippen LogP contribution in [0.3, 0.4) is 0 Å². The van der Waals surface area contributed by atoms with Crippen LogP contribution in [-0.4, -0.2) is 16.1 Å². The topological polar surface area (TPSA) is 43.8 Å². The molecule has 1 rings (SSSR count). The summed E-state index contributed by atoms with van der Waals surface area (Å²) in [7, 11) is 2.03. The smallest absolute Gasteiger partial charge is 0.127 e. The van der Waals surface area contributed by atoms with Crippen LogP contribution in [-0.2, 0) is 19.9 Å². The summed E-state index contributed by atoms with van der Waals surface area (Å²) in [6.07, 6.45) is 1.84. The highest BCUT2D eigenvalue weighted by atomic mass is 79.9. The van der Waals surface area contributed by atoms with Crippen LogP contribution >= 0.6 is 15.9 Å². The molecule has 0 saturated heterocycles. The quantitative estimate of drug-likeness (QED) is 0.852. The molecule has 0 radical (unpaired) electrons. The Morgan fingerprint density at radius 3 is 2.67 bits per heavy atom. The minimum atomic E-state index is 0.668. The molecule has 0 aromatic carbocycles. The molecule has 0 aliphatic rings. The Morgan fingerprint density at radius 1 is 1.58 bits per heavy atom. The number of halogens is 1. The van der Waals surface area contributed by atoms with Crippen LogP contribution in [0.1, 0.15) is 18.4 Å². The zero-order valence-corrected chi connectivity index (χ0v) is 9.06. The molecular weight excluding hydrogens is 218 g/mol. The Bertz CT molecular complexity index is 268. The van der Waals surface area contributed by atoms with Gasteiger partial charge in [0.05, 0.1) is 5.69 Å². The van der Waals surface area contributed by atoms with Gasteiger partial charge in [0.25, 0.3) is 0 Å². The molecule has 1 aromatic rings. The second-order valence-electron chi connectivity index (χ2n) is 2.72. The zero-order chi connectivity index (χ0) is 9.14. The second kappa shape index (κ2) is 4.05. The molecule has 0 spiro atoms. The summed E-state index contributed by atoms with van der Waals surface area (Å²) in [6, 6.07) is 0. The predicted molar refractivity (Wildman–Crippen MR) is 53.0 cm³/mol. The van der Waals surface area contributed by atoms with Gasteiger partial charge in [-0.05, 0) is 22.5 Å². The van der Waals surface area contributed by atoms with E-state index in [1.165, 1.54) is 5.69 Å². The van der Waals surface area contributed by atoms with Crippen LogP contribution in [0.25, 0.3) is 0 Å². The minimum Gasteiger partial charge on any atom is -0.334 e. The van der Waals surface area contributed by atoms with Gasteiger partial charge in [-0.3, -0.25) is 0 Å². The van der Waals surface area contributed by atoms with Gasteiger partial charge in [0.15, 0.2) is 0 Å². The number of imidazole rings is 1. The molecule has 0 amide bonds. The van der Waals surface area contributed by atoms with Gasteiger partial charge in [-0.15, -0.1) is 0 Å². The van der Waals surface area contributed by atoms with Crippen molar-refractivity contribution in [2.24, 2.45) is 12.8 Å². The molecule has 0 fully saturated rings. The lowest BCUT2D eigenvalue weighted by atomic mass is 10.3. The highest BCUT2D eigenvalue weighted by Crippen LogP contribution is 2.17. The lowest BCUT2D eigenvalue weighted by Crippen LogP contribution is -2.08. The van der Waals surface area contributed by atoms with Crippen LogP contribution in [0.15, 0.2) is 4.60 Å². The van der Waals surface area contributed by atoms with E-state index in [1.54, 1.807) is 0 Å². The molecule has 1 aromatic heterocycles. The van der Waals surface area contributed by atoms with E-state index in [-0.39, 0.29) is 0 Å². The molecule has 0 saturated carbocycles. The van der Waals surface area contributed by atoms with Gasteiger partial charge in [0, 0.05) is 19.9 Å². The van der Waals surface area contributed by atoms with E-state index in [0.29, 0.717) is 6.54 Å². The van der Waals surface area contributed by atoms with Gasteiger partial charge in [-0.2, -0.15) is 0 Å². The summed E-state index contributed by atoms with van der Waals surface area (Å²) in [4.78, 5) is 4.37. The molecule has 4 heteroatoms. The summed E-state index contributed by atoms with van der Waals surface area (Å²) < 4.78 is 3.05. The molecule has 1 heterocycles. The Hall–Kier alpha value is -0.350. The highest BCUT2D eigenvalue weighted by molar-refractivity contribution is 9.10. The van der Waals surface area contributed by atoms with Gasteiger partial charge < -0.3 is 10.3 Å². The maximum absolute atomic E-state index is 5.49. The summed E-state index contributed by atoms with van der Waals surface area (Å²) in [5.41, 5.74) is 6.68. The lowest BCUT2D eigenvalue weighted by molar-refractivity contribution is 0.750. The molecule has 0 aliphatic carbocycles. The molecule has 68 valence electrons. The number of hydrogen-bond donors (Lipinski definition) is 1. The number of aryl methyl sites for hydroxylation is 1. The van der Waals surface area contributed by atoms with Gasteiger partial charge >= 0.3 is 0 Å². The zero-order valence-electron chi connectivity index (χ0n) is 7.47. The van der Waals surface area contributed by atoms with Crippen molar-refractivity contribution in [1.29, 1.82) is 0 Å². The van der Waals surface area contributed by atoms with Gasteiger partial charge in [0.1, 0.15) is 10.4 Å². The van der Waals surface area contributed by atoms with Gasteiger partial charge in [-0.1, -0.05) is 6.92 Å². The summed E-state index contributed by atoms with van der Waals surface area (Å²) in [5, 5.41) is 0. The van der Waals surface area contributed by atoms with E-state index in [9.17, 15) is 0 Å². The third kappa shape index (κ3) is 1.69. The SMILES string of the molecule is CCc1nc(Br)c(CCN)n1C. The van der Waals surface area contributed by atoms with E-state index in [0.717, 1.165) is 23.3 Å². The molecule has 0 bridgehead atoms. The van der Waals surface area contributed by atoms with Crippen molar-refractivity contribution in [3.8, 4) is 0 Å². The van der Waals surface area contributed by atoms with Gasteiger partial charge in [0.2, 0.25) is 0 Å². The maximum Gasteiger partial charge on any atom is 0.127 e. The highest BCUT2D eigenvalue weighted by Gasteiger charge is 2.09. The molecule has 0 unspecified atom stereocenters. The molecule has 12 heavy (non-hydrogen) atoms. The van der Waals surface area contributed by atoms with Crippen LogP contribution in [0, 0.1) is 0 Å². The number of aromatic nitrogens is 2. The number of nitrogens with two attached hydrogens (primary N) is 1. The van der Waals surface area contributed by atoms with Crippen molar-refractivity contribution < 1.29 is 0 Å². The van der Waals surface area contributed by atoms with Crippen LogP contribution in [0.2, 0.25) is 0 Å². The van der Waals surface area contributed by atoms with Crippen molar-refractivity contribution in [2.75, 3.05) is 6.54 Å². The van der Waals surface area contributed by atoms with E-state index in [1.807, 2.05) is 7.05 Å². The van der Waals surface area contributed by atoms with E-state index in [4.69, 9.17) is 5.73 Å². The van der Waals surface area contributed by atoms with E-state index in [2.05, 4.69) is 32.4 Å². The van der Waals surface area contributed by atoms with Crippen molar-refractivity contribution in [3.63, 3.8) is 0 Å². The van der Waals surface area contributed by atoms with Crippen molar-refractivity contribution in [2.45, 2.75) is 19.8 Å². The molecule has 0 aliphatic heterocycles. The summed E-state index contributed by atoms with van der Waals surface area (Å²) >= 11 is 3.42. The van der Waals surface area contributed by atoms with E-state index >= 15 is 0 Å².